The molecule has 18 heavy (non-hydrogen) atoms. The first-order chi connectivity index (χ1) is 7.88. The molecule has 1 heterocycles. The summed E-state index contributed by atoms with van der Waals surface area (Å²) in [7, 11) is 1.80. The second kappa shape index (κ2) is 5.20. The summed E-state index contributed by atoms with van der Waals surface area (Å²) in [6.45, 7) is 0. The molecule has 0 saturated heterocycles. The lowest BCUT2D eigenvalue weighted by atomic mass is 10.0. The van der Waals surface area contributed by atoms with E-state index < -0.39 is 18.6 Å². The van der Waals surface area contributed by atoms with Gasteiger partial charge in [-0.15, -0.1) is 12.4 Å². The number of rotatable bonds is 2. The molecular weight excluding hydrogens is 265 g/mol. The zero-order valence-electron chi connectivity index (χ0n) is 9.74. The molecular formula is C12H14ClF3N2. The van der Waals surface area contributed by atoms with Crippen molar-refractivity contribution in [1.29, 1.82) is 0 Å². The highest BCUT2D eigenvalue weighted by atomic mass is 35.5. The van der Waals surface area contributed by atoms with Crippen LogP contribution in [-0.4, -0.2) is 10.7 Å². The second-order valence-corrected chi connectivity index (χ2v) is 4.14. The summed E-state index contributed by atoms with van der Waals surface area (Å²) in [4.78, 5) is 0. The molecule has 2 nitrogen and oxygen atoms in total. The smallest absolute Gasteiger partial charge is 0.350 e. The van der Waals surface area contributed by atoms with Crippen molar-refractivity contribution in [3.63, 3.8) is 0 Å². The van der Waals surface area contributed by atoms with Crippen LogP contribution in [0.4, 0.5) is 13.2 Å². The van der Waals surface area contributed by atoms with Gasteiger partial charge in [0, 0.05) is 30.2 Å². The van der Waals surface area contributed by atoms with E-state index in [1.807, 2.05) is 12.1 Å². The van der Waals surface area contributed by atoms with Gasteiger partial charge in [0.1, 0.15) is 0 Å². The summed E-state index contributed by atoms with van der Waals surface area (Å²) in [6, 6.07) is 6.29. The topological polar surface area (TPSA) is 30.9 Å². The number of nitrogens with two attached hydrogens (primary N) is 1. The Kier molecular flexibility index (Phi) is 4.29. The first-order valence-corrected chi connectivity index (χ1v) is 5.25. The molecule has 100 valence electrons. The minimum Gasteiger partial charge on any atom is -0.350 e. The molecule has 0 fully saturated rings. The van der Waals surface area contributed by atoms with E-state index in [-0.39, 0.29) is 12.4 Å². The van der Waals surface area contributed by atoms with Crippen molar-refractivity contribution in [2.75, 3.05) is 0 Å². The molecule has 2 aromatic rings. The van der Waals surface area contributed by atoms with E-state index in [4.69, 9.17) is 5.73 Å². The van der Waals surface area contributed by atoms with Crippen molar-refractivity contribution in [2.45, 2.75) is 18.6 Å². The quantitative estimate of drug-likeness (QED) is 0.895. The highest BCUT2D eigenvalue weighted by Gasteiger charge is 2.31. The van der Waals surface area contributed by atoms with Crippen molar-refractivity contribution < 1.29 is 13.2 Å². The third kappa shape index (κ3) is 2.97. The normalized spacial score (nSPS) is 13.4. The zero-order chi connectivity index (χ0) is 12.6. The van der Waals surface area contributed by atoms with Crippen molar-refractivity contribution in [2.24, 2.45) is 12.8 Å². The van der Waals surface area contributed by atoms with E-state index in [1.54, 1.807) is 29.9 Å². The molecule has 6 heteroatoms. The molecule has 2 rings (SSSR count). The molecule has 0 spiro atoms. The van der Waals surface area contributed by atoms with Crippen LogP contribution in [0.25, 0.3) is 10.9 Å². The maximum absolute atomic E-state index is 12.3. The number of nitrogens with zero attached hydrogens (tertiary/aromatic N) is 1. The number of alkyl halides is 3. The third-order valence-corrected chi connectivity index (χ3v) is 2.78. The lowest BCUT2D eigenvalue weighted by Gasteiger charge is -2.13. The van der Waals surface area contributed by atoms with Gasteiger partial charge in [0.05, 0.1) is 6.42 Å². The summed E-state index contributed by atoms with van der Waals surface area (Å²) in [6.07, 6.45) is -3.57. The molecule has 0 aliphatic carbocycles. The lowest BCUT2D eigenvalue weighted by Crippen LogP contribution is -2.20. The highest BCUT2D eigenvalue weighted by Crippen LogP contribution is 2.32. The number of aromatic nitrogens is 1. The fourth-order valence-electron chi connectivity index (χ4n) is 2.03. The van der Waals surface area contributed by atoms with Gasteiger partial charge in [-0.3, -0.25) is 0 Å². The highest BCUT2D eigenvalue weighted by molar-refractivity contribution is 5.85. The second-order valence-electron chi connectivity index (χ2n) is 4.14. The van der Waals surface area contributed by atoms with E-state index in [0.29, 0.717) is 5.56 Å². The van der Waals surface area contributed by atoms with Gasteiger partial charge in [-0.2, -0.15) is 13.2 Å². The van der Waals surface area contributed by atoms with E-state index >= 15 is 0 Å². The number of para-hydroxylation sites is 1. The molecule has 0 amide bonds. The van der Waals surface area contributed by atoms with Gasteiger partial charge in [-0.1, -0.05) is 18.2 Å². The van der Waals surface area contributed by atoms with E-state index in [2.05, 4.69) is 0 Å². The van der Waals surface area contributed by atoms with Crippen molar-refractivity contribution in [3.8, 4) is 0 Å². The Balaban J connectivity index is 0.00000162. The fraction of sp³-hybridized carbons (Fsp3) is 0.333. The number of hydrogen-bond donors (Lipinski definition) is 1. The third-order valence-electron chi connectivity index (χ3n) is 2.78. The average Bonchev–Trinajstić information content (AvgIpc) is 2.55. The predicted octanol–water partition coefficient (Wildman–Crippen LogP) is 3.55. The van der Waals surface area contributed by atoms with Crippen LogP contribution in [-0.2, 0) is 7.05 Å². The summed E-state index contributed by atoms with van der Waals surface area (Å²) in [5.41, 5.74) is 7.06. The standard InChI is InChI=1S/C12H13F3N2.ClH/c1-17-7-9(10(16)6-12(13,14)15)8-4-2-3-5-11(8)17;/h2-5,7,10H,6,16H2,1H3;1H/t10-;/m1./s1. The molecule has 0 radical (unpaired) electrons. The Bertz CT molecular complexity index is 534. The van der Waals surface area contributed by atoms with E-state index in [0.717, 1.165) is 10.9 Å². The predicted molar refractivity (Wildman–Crippen MR) is 67.8 cm³/mol. The zero-order valence-corrected chi connectivity index (χ0v) is 10.6. The molecule has 1 atom stereocenters. The van der Waals surface area contributed by atoms with Crippen molar-refractivity contribution in [1.82, 2.24) is 4.57 Å². The van der Waals surface area contributed by atoms with Crippen LogP contribution in [0.5, 0.6) is 0 Å². The first kappa shape index (κ1) is 14.9. The van der Waals surface area contributed by atoms with E-state index in [1.165, 1.54) is 0 Å². The van der Waals surface area contributed by atoms with E-state index in [9.17, 15) is 13.2 Å². The molecule has 1 aromatic heterocycles. The van der Waals surface area contributed by atoms with Gasteiger partial charge < -0.3 is 10.3 Å². The maximum Gasteiger partial charge on any atom is 0.390 e. The number of aryl methyl sites for hydroxylation is 1. The van der Waals surface area contributed by atoms with Gasteiger partial charge in [-0.25, -0.2) is 0 Å². The number of halogens is 4. The summed E-state index contributed by atoms with van der Waals surface area (Å²) in [5, 5.41) is 0.784. The van der Waals surface area contributed by atoms with Gasteiger partial charge in [0.25, 0.3) is 0 Å². The van der Waals surface area contributed by atoms with Crippen LogP contribution in [0.3, 0.4) is 0 Å². The summed E-state index contributed by atoms with van der Waals surface area (Å²) in [5.74, 6) is 0. The number of hydrogen-bond acceptors (Lipinski definition) is 1. The molecule has 1 aromatic carbocycles. The Morgan fingerprint density at radius 3 is 2.50 bits per heavy atom. The van der Waals surface area contributed by atoms with Crippen LogP contribution < -0.4 is 5.73 Å². The molecule has 0 saturated carbocycles. The largest absolute Gasteiger partial charge is 0.390 e. The van der Waals surface area contributed by atoms with Crippen molar-refractivity contribution >= 4 is 23.3 Å². The lowest BCUT2D eigenvalue weighted by molar-refractivity contribution is -0.138. The molecule has 0 aliphatic rings. The maximum atomic E-state index is 12.3. The number of fused-ring (bicyclic) bond motifs is 1. The summed E-state index contributed by atoms with van der Waals surface area (Å²) >= 11 is 0. The SMILES string of the molecule is Cl.Cn1cc([C@H](N)CC(F)(F)F)c2ccccc21. The Morgan fingerprint density at radius 2 is 1.89 bits per heavy atom. The van der Waals surface area contributed by atoms with Crippen molar-refractivity contribution in [3.05, 3.63) is 36.0 Å². The summed E-state index contributed by atoms with van der Waals surface area (Å²) < 4.78 is 38.7. The monoisotopic (exact) mass is 278 g/mol. The Morgan fingerprint density at radius 1 is 1.28 bits per heavy atom. The van der Waals surface area contributed by atoms with Crippen LogP contribution >= 0.6 is 12.4 Å². The Labute approximate surface area is 109 Å². The van der Waals surface area contributed by atoms with Gasteiger partial charge in [0.15, 0.2) is 0 Å². The minimum atomic E-state index is -4.24. The number of benzene rings is 1. The van der Waals surface area contributed by atoms with Gasteiger partial charge >= 0.3 is 6.18 Å². The average molecular weight is 279 g/mol. The van der Waals surface area contributed by atoms with Crippen LogP contribution in [0.15, 0.2) is 30.5 Å². The van der Waals surface area contributed by atoms with Crippen LogP contribution in [0, 0.1) is 0 Å². The van der Waals surface area contributed by atoms with Crippen LogP contribution in [0.2, 0.25) is 0 Å². The molecule has 0 aliphatic heterocycles. The molecule has 2 N–H and O–H groups in total. The fourth-order valence-corrected chi connectivity index (χ4v) is 2.03. The first-order valence-electron chi connectivity index (χ1n) is 5.25. The minimum absolute atomic E-state index is 0. The van der Waals surface area contributed by atoms with Gasteiger partial charge in [0.2, 0.25) is 0 Å². The molecule has 0 bridgehead atoms. The van der Waals surface area contributed by atoms with Crippen LogP contribution in [0.1, 0.15) is 18.0 Å². The van der Waals surface area contributed by atoms with Gasteiger partial charge in [-0.05, 0) is 11.6 Å². The Hall–Kier alpha value is -1.20. The molecule has 0 unspecified atom stereocenters.